The zero-order valence-corrected chi connectivity index (χ0v) is 13.4. The predicted molar refractivity (Wildman–Crippen MR) is 97.0 cm³/mol. The Bertz CT molecular complexity index is 420. The monoisotopic (exact) mass is 300 g/mol. The molecule has 2 heteroatoms. The van der Waals surface area contributed by atoms with Crippen LogP contribution in [0.1, 0.15) is 5.56 Å². The van der Waals surface area contributed by atoms with Crippen LogP contribution in [-0.2, 0) is 0 Å². The van der Waals surface area contributed by atoms with E-state index in [-0.39, 0.29) is 0 Å². The zero-order chi connectivity index (χ0) is 15.8. The number of hydrogen-bond acceptors (Lipinski definition) is 2. The predicted octanol–water partition coefficient (Wildman–Crippen LogP) is 5.48. The number of phenols is 1. The summed E-state index contributed by atoms with van der Waals surface area (Å²) in [6, 6.07) is 19.0. The van der Waals surface area contributed by atoms with Crippen molar-refractivity contribution in [1.82, 2.24) is 0 Å². The van der Waals surface area contributed by atoms with Gasteiger partial charge in [-0.15, -0.1) is 13.2 Å². The van der Waals surface area contributed by atoms with Crippen LogP contribution in [0.5, 0.6) is 5.75 Å². The number of benzene rings is 2. The number of hydrogen-bond donors (Lipinski definition) is 1. The van der Waals surface area contributed by atoms with Crippen LogP contribution in [0.25, 0.3) is 0 Å². The Morgan fingerprint density at radius 3 is 1.52 bits per heavy atom. The molecule has 0 fully saturated rings. The van der Waals surface area contributed by atoms with Crippen LogP contribution in [0.2, 0.25) is 0 Å². The van der Waals surface area contributed by atoms with Crippen molar-refractivity contribution < 1.29 is 5.11 Å². The van der Waals surface area contributed by atoms with Gasteiger partial charge in [-0.05, 0) is 19.1 Å². The summed E-state index contributed by atoms with van der Waals surface area (Å²) in [6.45, 7) is 9.24. The Kier molecular flexibility index (Phi) is 13.1. The third-order valence-corrected chi connectivity index (χ3v) is 3.11. The van der Waals surface area contributed by atoms with Gasteiger partial charge in [0.25, 0.3) is 0 Å². The van der Waals surface area contributed by atoms with E-state index in [4.69, 9.17) is 5.11 Å². The second kappa shape index (κ2) is 14.5. The van der Waals surface area contributed by atoms with Crippen molar-refractivity contribution in [2.24, 2.45) is 0 Å². The van der Waals surface area contributed by atoms with Gasteiger partial charge in [0.2, 0.25) is 0 Å². The average Bonchev–Trinajstić information content (AvgIpc) is 2.51. The Morgan fingerprint density at radius 1 is 0.857 bits per heavy atom. The summed E-state index contributed by atoms with van der Waals surface area (Å²) in [4.78, 5) is 0. The fourth-order valence-electron chi connectivity index (χ4n) is 1.20. The van der Waals surface area contributed by atoms with Gasteiger partial charge in [0.05, 0.1) is 0 Å². The summed E-state index contributed by atoms with van der Waals surface area (Å²) in [7, 11) is 0. The van der Waals surface area contributed by atoms with E-state index in [1.807, 2.05) is 48.2 Å². The lowest BCUT2D eigenvalue weighted by Gasteiger charge is -1.85. The molecule has 0 aliphatic rings. The Morgan fingerprint density at radius 2 is 1.29 bits per heavy atom. The van der Waals surface area contributed by atoms with Crippen LogP contribution in [0.15, 0.2) is 86.0 Å². The van der Waals surface area contributed by atoms with Crippen LogP contribution < -0.4 is 0 Å². The Hall–Kier alpha value is -1.93. The molecule has 0 radical (unpaired) electrons. The first-order valence-corrected chi connectivity index (χ1v) is 7.91. The minimum absolute atomic E-state index is 0.322. The topological polar surface area (TPSA) is 20.2 Å². The summed E-state index contributed by atoms with van der Waals surface area (Å²) in [6.07, 6.45) is 3.79. The molecule has 0 heterocycles. The minimum atomic E-state index is 0.322. The number of rotatable bonds is 4. The molecule has 0 unspecified atom stereocenters. The van der Waals surface area contributed by atoms with Gasteiger partial charge < -0.3 is 5.11 Å². The molecule has 1 nitrogen and oxygen atoms in total. The molecule has 0 aliphatic heterocycles. The van der Waals surface area contributed by atoms with Gasteiger partial charge in [0.15, 0.2) is 0 Å². The molecule has 0 atom stereocenters. The molecule has 1 N–H and O–H groups in total. The number of phenolic OH excluding ortho intramolecular Hbond substituents is 1. The zero-order valence-electron chi connectivity index (χ0n) is 12.6. The van der Waals surface area contributed by atoms with Crippen LogP contribution in [0.3, 0.4) is 0 Å². The molecule has 0 aliphatic carbocycles. The Balaban J connectivity index is 0.000000286. The maximum Gasteiger partial charge on any atom is 0.115 e. The highest BCUT2D eigenvalue weighted by Crippen LogP contribution is 2.02. The summed E-state index contributed by atoms with van der Waals surface area (Å²) in [5, 5.41) is 8.63. The summed E-state index contributed by atoms with van der Waals surface area (Å²) in [5.74, 6) is 2.39. The van der Waals surface area contributed by atoms with E-state index in [2.05, 4.69) is 32.2 Å². The van der Waals surface area contributed by atoms with E-state index in [0.29, 0.717) is 5.75 Å². The molecule has 2 rings (SSSR count). The molecule has 0 bridgehead atoms. The molecule has 0 spiro atoms. The first-order chi connectivity index (χ1) is 10.2. The van der Waals surface area contributed by atoms with Crippen LogP contribution in [0, 0.1) is 6.92 Å². The van der Waals surface area contributed by atoms with Crippen molar-refractivity contribution in [3.05, 3.63) is 91.5 Å². The first kappa shape index (κ1) is 19.1. The quantitative estimate of drug-likeness (QED) is 0.596. The second-order valence-corrected chi connectivity index (χ2v) is 5.18. The van der Waals surface area contributed by atoms with Crippen LogP contribution in [-0.4, -0.2) is 16.6 Å². The van der Waals surface area contributed by atoms with Gasteiger partial charge in [-0.3, -0.25) is 0 Å². The van der Waals surface area contributed by atoms with E-state index in [0.717, 1.165) is 11.5 Å². The van der Waals surface area contributed by atoms with Crippen molar-refractivity contribution >= 4 is 11.8 Å². The second-order valence-electron chi connectivity index (χ2n) is 4.11. The highest BCUT2D eigenvalue weighted by atomic mass is 32.2. The molecule has 21 heavy (non-hydrogen) atoms. The molecule has 0 aromatic heterocycles. The fourth-order valence-corrected chi connectivity index (χ4v) is 1.67. The molecule has 0 saturated carbocycles. The summed E-state index contributed by atoms with van der Waals surface area (Å²) >= 11 is 1.82. The average molecular weight is 300 g/mol. The van der Waals surface area contributed by atoms with Gasteiger partial charge in [-0.25, -0.2) is 0 Å². The lowest BCUT2D eigenvalue weighted by atomic mass is 10.2. The summed E-state index contributed by atoms with van der Waals surface area (Å²) < 4.78 is 0. The van der Waals surface area contributed by atoms with E-state index in [1.165, 1.54) is 5.56 Å². The number of para-hydroxylation sites is 1. The third kappa shape index (κ3) is 14.3. The highest BCUT2D eigenvalue weighted by molar-refractivity contribution is 7.99. The molecule has 112 valence electrons. The lowest BCUT2D eigenvalue weighted by molar-refractivity contribution is 0.475. The normalized spacial score (nSPS) is 8.43. The highest BCUT2D eigenvalue weighted by Gasteiger charge is 1.75. The Labute approximate surface area is 133 Å². The SMILES string of the molecule is C=CCSCC=C.Cc1ccccc1.Oc1ccccc1. The van der Waals surface area contributed by atoms with Gasteiger partial charge in [-0.1, -0.05) is 66.2 Å². The standard InChI is InChI=1S/C7H8.C6H6O.C6H10S/c1-7-5-3-2-4-6-7;7-6-4-2-1-3-5-6;1-3-5-7-6-4-2/h2-6H,1H3;1-5,7H;3-4H,1-2,5-6H2. The number of aryl methyl sites for hydroxylation is 1. The van der Waals surface area contributed by atoms with Gasteiger partial charge in [0.1, 0.15) is 5.75 Å². The molecular formula is C19H24OS. The van der Waals surface area contributed by atoms with Crippen LogP contribution >= 0.6 is 11.8 Å². The molecule has 2 aromatic carbocycles. The fraction of sp³-hybridized carbons (Fsp3) is 0.158. The van der Waals surface area contributed by atoms with Gasteiger partial charge in [-0.2, -0.15) is 11.8 Å². The van der Waals surface area contributed by atoms with E-state index in [9.17, 15) is 0 Å². The van der Waals surface area contributed by atoms with Crippen molar-refractivity contribution in [1.29, 1.82) is 0 Å². The minimum Gasteiger partial charge on any atom is -0.508 e. The summed E-state index contributed by atoms with van der Waals surface area (Å²) in [5.41, 5.74) is 1.32. The van der Waals surface area contributed by atoms with Crippen molar-refractivity contribution in [2.75, 3.05) is 11.5 Å². The molecule has 0 saturated heterocycles. The largest absolute Gasteiger partial charge is 0.508 e. The van der Waals surface area contributed by atoms with E-state index >= 15 is 0 Å². The lowest BCUT2D eigenvalue weighted by Crippen LogP contribution is -1.69. The van der Waals surface area contributed by atoms with Crippen LogP contribution in [0.4, 0.5) is 0 Å². The smallest absolute Gasteiger partial charge is 0.115 e. The molecule has 2 aromatic rings. The maximum atomic E-state index is 8.63. The maximum absolute atomic E-state index is 8.63. The van der Waals surface area contributed by atoms with E-state index in [1.54, 1.807) is 24.3 Å². The van der Waals surface area contributed by atoms with Crippen molar-refractivity contribution in [3.63, 3.8) is 0 Å². The van der Waals surface area contributed by atoms with Gasteiger partial charge >= 0.3 is 0 Å². The molecular weight excluding hydrogens is 276 g/mol. The number of thioether (sulfide) groups is 1. The van der Waals surface area contributed by atoms with Gasteiger partial charge in [0, 0.05) is 11.5 Å². The first-order valence-electron chi connectivity index (χ1n) is 6.76. The van der Waals surface area contributed by atoms with Crippen molar-refractivity contribution in [3.8, 4) is 5.75 Å². The number of aromatic hydroxyl groups is 1. The van der Waals surface area contributed by atoms with Crippen molar-refractivity contribution in [2.45, 2.75) is 6.92 Å². The molecule has 0 amide bonds. The third-order valence-electron chi connectivity index (χ3n) is 2.17. The van der Waals surface area contributed by atoms with E-state index < -0.39 is 0 Å².